The van der Waals surface area contributed by atoms with Crippen LogP contribution in [0, 0.1) is 0 Å². The highest BCUT2D eigenvalue weighted by Gasteiger charge is 2.34. The van der Waals surface area contributed by atoms with E-state index in [9.17, 15) is 14.4 Å². The molecule has 3 amide bonds. The van der Waals surface area contributed by atoms with Gasteiger partial charge in [-0.15, -0.1) is 0 Å². The summed E-state index contributed by atoms with van der Waals surface area (Å²) in [6, 6.07) is 6.67. The first-order valence-corrected chi connectivity index (χ1v) is 10.0. The molecule has 0 unspecified atom stereocenters. The first-order chi connectivity index (χ1) is 13.9. The molecule has 158 valence electrons. The number of rotatable bonds is 5. The van der Waals surface area contributed by atoms with E-state index in [4.69, 9.17) is 9.47 Å². The number of amides is 3. The van der Waals surface area contributed by atoms with Gasteiger partial charge in [0.2, 0.25) is 11.8 Å². The molecule has 8 heteroatoms. The zero-order valence-corrected chi connectivity index (χ0v) is 17.3. The summed E-state index contributed by atoms with van der Waals surface area (Å²) >= 11 is 0. The number of piperazine rings is 1. The molecule has 0 radical (unpaired) electrons. The van der Waals surface area contributed by atoms with Crippen molar-refractivity contribution in [3.05, 3.63) is 29.8 Å². The van der Waals surface area contributed by atoms with Gasteiger partial charge in [0, 0.05) is 53.2 Å². The third-order valence-corrected chi connectivity index (χ3v) is 5.61. The summed E-state index contributed by atoms with van der Waals surface area (Å²) < 4.78 is 11.1. The summed E-state index contributed by atoms with van der Waals surface area (Å²) in [5.41, 5.74) is 0.467. The molecule has 29 heavy (non-hydrogen) atoms. The Bertz CT molecular complexity index is 760. The second kappa shape index (κ2) is 9.26. The minimum absolute atomic E-state index is 0.0183. The number of hydrogen-bond acceptors (Lipinski definition) is 5. The second-order valence-electron chi connectivity index (χ2n) is 7.56. The van der Waals surface area contributed by atoms with Crippen LogP contribution in [0.15, 0.2) is 24.3 Å². The van der Waals surface area contributed by atoms with Crippen molar-refractivity contribution in [1.82, 2.24) is 14.7 Å². The Kier molecular flexibility index (Phi) is 6.74. The fourth-order valence-electron chi connectivity index (χ4n) is 3.81. The zero-order valence-electron chi connectivity index (χ0n) is 17.3. The monoisotopic (exact) mass is 403 g/mol. The van der Waals surface area contributed by atoms with Crippen molar-refractivity contribution in [3.63, 3.8) is 0 Å². The molecule has 1 aromatic carbocycles. The third kappa shape index (κ3) is 4.70. The molecule has 8 nitrogen and oxygen atoms in total. The van der Waals surface area contributed by atoms with Gasteiger partial charge in [-0.25, -0.2) is 0 Å². The molecule has 2 saturated heterocycles. The predicted octanol–water partition coefficient (Wildman–Crippen LogP) is 1.01. The minimum Gasteiger partial charge on any atom is -0.489 e. The molecule has 0 saturated carbocycles. The molecular weight excluding hydrogens is 374 g/mol. The molecule has 0 aromatic heterocycles. The number of piperidine rings is 1. The van der Waals surface area contributed by atoms with Gasteiger partial charge in [-0.1, -0.05) is 12.1 Å². The molecule has 3 rings (SSSR count). The highest BCUT2D eigenvalue weighted by molar-refractivity contribution is 6.00. The van der Waals surface area contributed by atoms with Crippen molar-refractivity contribution in [2.45, 2.75) is 31.9 Å². The van der Waals surface area contributed by atoms with Gasteiger partial charge in [0.25, 0.3) is 5.91 Å². The van der Waals surface area contributed by atoms with Crippen LogP contribution in [0.3, 0.4) is 0 Å². The largest absolute Gasteiger partial charge is 0.489 e. The van der Waals surface area contributed by atoms with Gasteiger partial charge in [0.15, 0.2) is 0 Å². The lowest BCUT2D eigenvalue weighted by Gasteiger charge is -2.37. The number of hydrogen-bond donors (Lipinski definition) is 0. The fourth-order valence-corrected chi connectivity index (χ4v) is 3.81. The Hall–Kier alpha value is -2.61. The highest BCUT2D eigenvalue weighted by atomic mass is 16.5. The molecule has 2 aliphatic heterocycles. The molecule has 2 aliphatic rings. The van der Waals surface area contributed by atoms with Gasteiger partial charge in [-0.2, -0.15) is 0 Å². The van der Waals surface area contributed by atoms with E-state index in [1.54, 1.807) is 46.9 Å². The Morgan fingerprint density at radius 1 is 1.10 bits per heavy atom. The van der Waals surface area contributed by atoms with Crippen molar-refractivity contribution >= 4 is 17.7 Å². The van der Waals surface area contributed by atoms with Crippen LogP contribution in [0.25, 0.3) is 0 Å². The number of para-hydroxylation sites is 1. The molecule has 2 fully saturated rings. The van der Waals surface area contributed by atoms with Gasteiger partial charge < -0.3 is 24.2 Å². The van der Waals surface area contributed by atoms with Gasteiger partial charge in [-0.3, -0.25) is 14.4 Å². The van der Waals surface area contributed by atoms with E-state index in [-0.39, 0.29) is 30.4 Å². The van der Waals surface area contributed by atoms with Gasteiger partial charge in [-0.05, 0) is 19.1 Å². The number of carbonyl (C=O) groups excluding carboxylic acids is 3. The van der Waals surface area contributed by atoms with Crippen molar-refractivity contribution in [2.24, 2.45) is 0 Å². The van der Waals surface area contributed by atoms with E-state index in [1.165, 1.54) is 7.11 Å². The molecule has 0 bridgehead atoms. The van der Waals surface area contributed by atoms with Crippen LogP contribution in [0.5, 0.6) is 5.75 Å². The van der Waals surface area contributed by atoms with Crippen molar-refractivity contribution in [1.29, 1.82) is 0 Å². The van der Waals surface area contributed by atoms with E-state index in [0.717, 1.165) is 0 Å². The number of ether oxygens (including phenoxy) is 2. The first kappa shape index (κ1) is 21.1. The van der Waals surface area contributed by atoms with E-state index in [2.05, 4.69) is 0 Å². The quantitative estimate of drug-likeness (QED) is 0.733. The lowest BCUT2D eigenvalue weighted by Crippen LogP contribution is -2.56. The van der Waals surface area contributed by atoms with Gasteiger partial charge >= 0.3 is 0 Å². The SMILES string of the molecule is COCC(=O)N1CCC(Oc2ccccc2C(=O)N2CCN(C)C(=O)[C@@H]2C)CC1. The molecule has 1 atom stereocenters. The van der Waals surface area contributed by atoms with Crippen LogP contribution < -0.4 is 4.74 Å². The molecular formula is C21H29N3O5. The molecule has 1 aromatic rings. The van der Waals surface area contributed by atoms with E-state index >= 15 is 0 Å². The maximum Gasteiger partial charge on any atom is 0.258 e. The van der Waals surface area contributed by atoms with E-state index in [0.29, 0.717) is 50.3 Å². The summed E-state index contributed by atoms with van der Waals surface area (Å²) in [6.07, 6.45) is 1.32. The Balaban J connectivity index is 1.66. The van der Waals surface area contributed by atoms with E-state index in [1.807, 2.05) is 6.07 Å². The number of methoxy groups -OCH3 is 1. The summed E-state index contributed by atoms with van der Waals surface area (Å²) in [4.78, 5) is 42.4. The van der Waals surface area contributed by atoms with E-state index < -0.39 is 6.04 Å². The van der Waals surface area contributed by atoms with Crippen molar-refractivity contribution in [2.75, 3.05) is 46.9 Å². The number of likely N-dealkylation sites (tertiary alicyclic amines) is 1. The predicted molar refractivity (Wildman–Crippen MR) is 107 cm³/mol. The lowest BCUT2D eigenvalue weighted by atomic mass is 10.1. The average molecular weight is 403 g/mol. The maximum absolute atomic E-state index is 13.1. The summed E-state index contributed by atoms with van der Waals surface area (Å²) in [6.45, 7) is 4.07. The highest BCUT2D eigenvalue weighted by Crippen LogP contribution is 2.26. The Morgan fingerprint density at radius 2 is 1.79 bits per heavy atom. The van der Waals surface area contributed by atoms with Crippen molar-refractivity contribution < 1.29 is 23.9 Å². The third-order valence-electron chi connectivity index (χ3n) is 5.61. The number of carbonyl (C=O) groups is 3. The van der Waals surface area contributed by atoms with Crippen LogP contribution in [0.1, 0.15) is 30.1 Å². The molecule has 0 aliphatic carbocycles. The lowest BCUT2D eigenvalue weighted by molar-refractivity contribution is -0.138. The Labute approximate surface area is 171 Å². The van der Waals surface area contributed by atoms with Crippen LogP contribution in [-0.2, 0) is 14.3 Å². The number of benzene rings is 1. The molecule has 0 N–H and O–H groups in total. The van der Waals surface area contributed by atoms with Crippen LogP contribution >= 0.6 is 0 Å². The summed E-state index contributed by atoms with van der Waals surface area (Å²) in [5, 5.41) is 0. The summed E-state index contributed by atoms with van der Waals surface area (Å²) in [5.74, 6) is 0.256. The number of nitrogens with zero attached hydrogens (tertiary/aromatic N) is 3. The average Bonchev–Trinajstić information content (AvgIpc) is 2.73. The normalized spacial score (nSPS) is 20.7. The van der Waals surface area contributed by atoms with Crippen LogP contribution in [-0.4, -0.2) is 91.5 Å². The second-order valence-corrected chi connectivity index (χ2v) is 7.56. The van der Waals surface area contributed by atoms with Crippen molar-refractivity contribution in [3.8, 4) is 5.75 Å². The van der Waals surface area contributed by atoms with Crippen LogP contribution in [0.4, 0.5) is 0 Å². The first-order valence-electron chi connectivity index (χ1n) is 10.0. The molecule has 0 spiro atoms. The minimum atomic E-state index is -0.496. The standard InChI is InChI=1S/C21H29N3O5/c1-15-20(26)22(2)12-13-24(15)21(27)17-6-4-5-7-18(17)29-16-8-10-23(11-9-16)19(25)14-28-3/h4-7,15-16H,8-14H2,1-3H3/t15-/m0/s1. The van der Waals surface area contributed by atoms with Gasteiger partial charge in [0.05, 0.1) is 5.56 Å². The smallest absolute Gasteiger partial charge is 0.258 e. The van der Waals surface area contributed by atoms with Crippen LogP contribution in [0.2, 0.25) is 0 Å². The number of likely N-dealkylation sites (N-methyl/N-ethyl adjacent to an activating group) is 1. The zero-order chi connectivity index (χ0) is 21.0. The van der Waals surface area contributed by atoms with Gasteiger partial charge in [0.1, 0.15) is 24.5 Å². The maximum atomic E-state index is 13.1. The fraction of sp³-hybridized carbons (Fsp3) is 0.571. The topological polar surface area (TPSA) is 79.4 Å². The molecule has 2 heterocycles. The Morgan fingerprint density at radius 3 is 2.48 bits per heavy atom. The summed E-state index contributed by atoms with van der Waals surface area (Å²) in [7, 11) is 3.26.